The maximum absolute atomic E-state index is 3.53. The standard InChI is InChI=1S/C16H25NS/c1-14-6-5-9-16(12-14)18-11-10-17-13-15-7-3-2-4-8-15/h2-4,7-8,14,16-17H,5-6,9-13H2,1H3. The number of nitrogens with one attached hydrogen (secondary N) is 1. The average Bonchev–Trinajstić information content (AvgIpc) is 2.40. The molecule has 1 fully saturated rings. The second-order valence-electron chi connectivity index (χ2n) is 5.43. The Hall–Kier alpha value is -0.470. The highest BCUT2D eigenvalue weighted by atomic mass is 32.2. The van der Waals surface area contributed by atoms with Crippen LogP contribution in [-0.2, 0) is 6.54 Å². The van der Waals surface area contributed by atoms with E-state index in [0.717, 1.165) is 24.3 Å². The normalized spacial score (nSPS) is 24.1. The van der Waals surface area contributed by atoms with E-state index in [1.165, 1.54) is 37.0 Å². The van der Waals surface area contributed by atoms with Crippen molar-refractivity contribution in [1.29, 1.82) is 0 Å². The van der Waals surface area contributed by atoms with Crippen molar-refractivity contribution in [1.82, 2.24) is 5.32 Å². The molecule has 1 nitrogen and oxygen atoms in total. The van der Waals surface area contributed by atoms with Crippen LogP contribution in [0.4, 0.5) is 0 Å². The molecule has 0 spiro atoms. The smallest absolute Gasteiger partial charge is 0.0205 e. The first kappa shape index (κ1) is 14.0. The van der Waals surface area contributed by atoms with Crippen molar-refractivity contribution in [3.8, 4) is 0 Å². The zero-order valence-corrected chi connectivity index (χ0v) is 12.2. The molecule has 2 rings (SSSR count). The fourth-order valence-electron chi connectivity index (χ4n) is 2.66. The van der Waals surface area contributed by atoms with Crippen LogP contribution < -0.4 is 5.32 Å². The van der Waals surface area contributed by atoms with Crippen molar-refractivity contribution < 1.29 is 0 Å². The summed E-state index contributed by atoms with van der Waals surface area (Å²) in [6.45, 7) is 4.54. The first-order valence-electron chi connectivity index (χ1n) is 7.21. The Bertz CT molecular complexity index is 325. The van der Waals surface area contributed by atoms with Crippen LogP contribution in [0.1, 0.15) is 38.2 Å². The average molecular weight is 263 g/mol. The highest BCUT2D eigenvalue weighted by Crippen LogP contribution is 2.31. The van der Waals surface area contributed by atoms with Crippen molar-refractivity contribution in [2.24, 2.45) is 5.92 Å². The number of hydrogen-bond acceptors (Lipinski definition) is 2. The first-order chi connectivity index (χ1) is 8.84. The minimum atomic E-state index is 0.923. The minimum Gasteiger partial charge on any atom is -0.312 e. The molecule has 0 radical (unpaired) electrons. The van der Waals surface area contributed by atoms with Crippen molar-refractivity contribution in [2.75, 3.05) is 12.3 Å². The van der Waals surface area contributed by atoms with E-state index >= 15 is 0 Å². The summed E-state index contributed by atoms with van der Waals surface area (Å²) in [5.41, 5.74) is 1.38. The van der Waals surface area contributed by atoms with Gasteiger partial charge >= 0.3 is 0 Å². The molecule has 0 aromatic heterocycles. The molecule has 100 valence electrons. The molecule has 0 bridgehead atoms. The van der Waals surface area contributed by atoms with Crippen LogP contribution in [0, 0.1) is 5.92 Å². The molecule has 2 atom stereocenters. The van der Waals surface area contributed by atoms with E-state index in [2.05, 4.69) is 54.3 Å². The summed E-state index contributed by atoms with van der Waals surface area (Å²) in [4.78, 5) is 0. The molecule has 2 heteroatoms. The fourth-order valence-corrected chi connectivity index (χ4v) is 4.05. The van der Waals surface area contributed by atoms with Crippen molar-refractivity contribution in [3.05, 3.63) is 35.9 Å². The molecule has 0 amide bonds. The summed E-state index contributed by atoms with van der Waals surface area (Å²) in [5, 5.41) is 4.46. The van der Waals surface area contributed by atoms with Crippen molar-refractivity contribution >= 4 is 11.8 Å². The van der Waals surface area contributed by atoms with Crippen LogP contribution >= 0.6 is 11.8 Å². The molecule has 1 aromatic carbocycles. The summed E-state index contributed by atoms with van der Waals surface area (Å²) in [5.74, 6) is 2.21. The van der Waals surface area contributed by atoms with E-state index in [0.29, 0.717) is 0 Å². The fraction of sp³-hybridized carbons (Fsp3) is 0.625. The van der Waals surface area contributed by atoms with E-state index in [4.69, 9.17) is 0 Å². The lowest BCUT2D eigenvalue weighted by Gasteiger charge is -2.26. The maximum Gasteiger partial charge on any atom is 0.0205 e. The number of benzene rings is 1. The third-order valence-electron chi connectivity index (χ3n) is 3.69. The lowest BCUT2D eigenvalue weighted by Crippen LogP contribution is -2.20. The lowest BCUT2D eigenvalue weighted by molar-refractivity contribution is 0.394. The second-order valence-corrected chi connectivity index (χ2v) is 6.84. The lowest BCUT2D eigenvalue weighted by atomic mass is 9.91. The predicted octanol–water partition coefficient (Wildman–Crippen LogP) is 4.09. The van der Waals surface area contributed by atoms with Gasteiger partial charge in [0.05, 0.1) is 0 Å². The number of rotatable bonds is 6. The quantitative estimate of drug-likeness (QED) is 0.776. The van der Waals surface area contributed by atoms with E-state index < -0.39 is 0 Å². The predicted molar refractivity (Wildman–Crippen MR) is 82.0 cm³/mol. The Morgan fingerprint density at radius 3 is 2.83 bits per heavy atom. The molecule has 1 N–H and O–H groups in total. The van der Waals surface area contributed by atoms with Crippen LogP contribution in [0.15, 0.2) is 30.3 Å². The minimum absolute atomic E-state index is 0.923. The van der Waals surface area contributed by atoms with Crippen LogP contribution in [0.3, 0.4) is 0 Å². The number of hydrogen-bond donors (Lipinski definition) is 1. The van der Waals surface area contributed by atoms with Crippen molar-refractivity contribution in [2.45, 2.75) is 44.4 Å². The van der Waals surface area contributed by atoms with Crippen LogP contribution in [0.5, 0.6) is 0 Å². The molecule has 1 aromatic rings. The van der Waals surface area contributed by atoms with Gasteiger partial charge in [0.2, 0.25) is 0 Å². The third-order valence-corrected chi connectivity index (χ3v) is 5.03. The first-order valence-corrected chi connectivity index (χ1v) is 8.25. The molecular formula is C16H25NS. The van der Waals surface area contributed by atoms with Gasteiger partial charge in [-0.15, -0.1) is 0 Å². The molecule has 1 aliphatic rings. The van der Waals surface area contributed by atoms with Gasteiger partial charge in [-0.05, 0) is 24.3 Å². The Morgan fingerprint density at radius 1 is 1.22 bits per heavy atom. The van der Waals surface area contributed by atoms with E-state index in [1.807, 2.05) is 0 Å². The Labute approximate surface area is 116 Å². The van der Waals surface area contributed by atoms with Gasteiger partial charge in [-0.1, -0.05) is 50.1 Å². The molecule has 18 heavy (non-hydrogen) atoms. The van der Waals surface area contributed by atoms with Gasteiger partial charge < -0.3 is 5.32 Å². The number of thioether (sulfide) groups is 1. The van der Waals surface area contributed by atoms with Crippen LogP contribution in [-0.4, -0.2) is 17.5 Å². The summed E-state index contributed by atoms with van der Waals surface area (Å²) in [7, 11) is 0. The Morgan fingerprint density at radius 2 is 2.06 bits per heavy atom. The van der Waals surface area contributed by atoms with Gasteiger partial charge in [0.1, 0.15) is 0 Å². The molecule has 0 aliphatic heterocycles. The van der Waals surface area contributed by atoms with Gasteiger partial charge in [0.15, 0.2) is 0 Å². The van der Waals surface area contributed by atoms with Gasteiger partial charge in [0.25, 0.3) is 0 Å². The summed E-state index contributed by atoms with van der Waals surface area (Å²) in [6.07, 6.45) is 5.76. The van der Waals surface area contributed by atoms with Gasteiger partial charge in [0, 0.05) is 24.1 Å². The topological polar surface area (TPSA) is 12.0 Å². The SMILES string of the molecule is CC1CCCC(SCCNCc2ccccc2)C1. The molecule has 1 saturated carbocycles. The molecule has 0 heterocycles. The van der Waals surface area contributed by atoms with E-state index in [-0.39, 0.29) is 0 Å². The van der Waals surface area contributed by atoms with E-state index in [1.54, 1.807) is 0 Å². The van der Waals surface area contributed by atoms with Crippen LogP contribution in [0.2, 0.25) is 0 Å². The highest BCUT2D eigenvalue weighted by molar-refractivity contribution is 7.99. The van der Waals surface area contributed by atoms with Crippen LogP contribution in [0.25, 0.3) is 0 Å². The zero-order chi connectivity index (χ0) is 12.6. The highest BCUT2D eigenvalue weighted by Gasteiger charge is 2.18. The molecular weight excluding hydrogens is 238 g/mol. The zero-order valence-electron chi connectivity index (χ0n) is 11.4. The Kier molecular flexibility index (Phi) is 6.09. The second kappa shape index (κ2) is 7.85. The molecule has 2 unspecified atom stereocenters. The van der Waals surface area contributed by atoms with Gasteiger partial charge in [-0.2, -0.15) is 11.8 Å². The van der Waals surface area contributed by atoms with Gasteiger partial charge in [-0.25, -0.2) is 0 Å². The third kappa shape index (κ3) is 5.03. The maximum atomic E-state index is 3.53. The van der Waals surface area contributed by atoms with Gasteiger partial charge in [-0.3, -0.25) is 0 Å². The van der Waals surface area contributed by atoms with E-state index in [9.17, 15) is 0 Å². The summed E-state index contributed by atoms with van der Waals surface area (Å²) >= 11 is 2.17. The summed E-state index contributed by atoms with van der Waals surface area (Å²) < 4.78 is 0. The Balaban J connectivity index is 1.53. The van der Waals surface area contributed by atoms with Crippen molar-refractivity contribution in [3.63, 3.8) is 0 Å². The largest absolute Gasteiger partial charge is 0.312 e. The molecule has 0 saturated heterocycles. The molecule has 1 aliphatic carbocycles. The summed E-state index contributed by atoms with van der Waals surface area (Å²) in [6, 6.07) is 10.7. The monoisotopic (exact) mass is 263 g/mol.